The van der Waals surface area contributed by atoms with Gasteiger partial charge >= 0.3 is 6.18 Å². The van der Waals surface area contributed by atoms with E-state index in [1.54, 1.807) is 36.4 Å². The summed E-state index contributed by atoms with van der Waals surface area (Å²) >= 11 is 9.12. The van der Waals surface area contributed by atoms with Crippen molar-refractivity contribution >= 4 is 55.1 Å². The van der Waals surface area contributed by atoms with Crippen LogP contribution in [0.5, 0.6) is 0 Å². The fourth-order valence-electron chi connectivity index (χ4n) is 4.35. The predicted molar refractivity (Wildman–Crippen MR) is 165 cm³/mol. The highest BCUT2D eigenvalue weighted by atomic mass is 79.9. The van der Waals surface area contributed by atoms with Gasteiger partial charge in [0, 0.05) is 24.0 Å². The van der Waals surface area contributed by atoms with E-state index in [1.165, 1.54) is 4.90 Å². The number of benzene rings is 3. The van der Waals surface area contributed by atoms with Crippen molar-refractivity contribution in [2.24, 2.45) is 0 Å². The van der Waals surface area contributed by atoms with Crippen LogP contribution in [-0.2, 0) is 38.8 Å². The number of carbonyl (C=O) groups is 2. The van der Waals surface area contributed by atoms with Crippen LogP contribution in [-0.4, -0.2) is 50.5 Å². The third-order valence-corrected chi connectivity index (χ3v) is 8.59. The summed E-state index contributed by atoms with van der Waals surface area (Å²) in [6.07, 6.45) is -2.40. The second kappa shape index (κ2) is 15.1. The zero-order valence-electron chi connectivity index (χ0n) is 23.6. The summed E-state index contributed by atoms with van der Waals surface area (Å²) < 4.78 is 67.9. The van der Waals surface area contributed by atoms with Gasteiger partial charge in [0.25, 0.3) is 0 Å². The Kier molecular flexibility index (Phi) is 12.1. The number of hydrogen-bond donors (Lipinski definition) is 1. The molecule has 232 valence electrons. The van der Waals surface area contributed by atoms with Crippen LogP contribution in [0.15, 0.2) is 77.3 Å². The van der Waals surface area contributed by atoms with Gasteiger partial charge in [0.05, 0.1) is 22.5 Å². The smallest absolute Gasteiger partial charge is 0.354 e. The lowest BCUT2D eigenvalue weighted by Crippen LogP contribution is -2.53. The van der Waals surface area contributed by atoms with Gasteiger partial charge in [-0.1, -0.05) is 83.3 Å². The van der Waals surface area contributed by atoms with Gasteiger partial charge in [-0.2, -0.15) is 13.2 Å². The van der Waals surface area contributed by atoms with Crippen molar-refractivity contribution in [3.63, 3.8) is 0 Å². The van der Waals surface area contributed by atoms with Crippen molar-refractivity contribution in [3.05, 3.63) is 99.0 Å². The Bertz CT molecular complexity index is 1510. The molecule has 0 heterocycles. The topological polar surface area (TPSA) is 86.8 Å². The van der Waals surface area contributed by atoms with Crippen LogP contribution < -0.4 is 9.62 Å². The molecule has 0 aliphatic carbocycles. The van der Waals surface area contributed by atoms with Gasteiger partial charge in [0.2, 0.25) is 21.8 Å². The third-order valence-electron chi connectivity index (χ3n) is 6.59. The van der Waals surface area contributed by atoms with E-state index in [9.17, 15) is 31.2 Å². The summed E-state index contributed by atoms with van der Waals surface area (Å²) in [6, 6.07) is 17.6. The van der Waals surface area contributed by atoms with Crippen molar-refractivity contribution in [1.29, 1.82) is 0 Å². The van der Waals surface area contributed by atoms with E-state index < -0.39 is 51.2 Å². The average molecular weight is 703 g/mol. The van der Waals surface area contributed by atoms with Crippen molar-refractivity contribution in [2.45, 2.75) is 44.9 Å². The quantitative estimate of drug-likeness (QED) is 0.208. The first-order valence-electron chi connectivity index (χ1n) is 13.4. The standard InChI is InChI=1S/C30H32BrClF3N3O4S/c1-3-4-16-36-29(40)27(17-21-8-6-5-7-9-21)37(19-22-10-12-23(31)13-11-22)28(39)20-38(43(2,41)42)24-14-15-26(32)25(18-24)30(33,34)35/h5-15,18,27H,3-4,16-17,19-20H2,1-2H3,(H,36,40)/t27-/m1/s1. The molecule has 0 spiro atoms. The van der Waals surface area contributed by atoms with Gasteiger partial charge in [-0.15, -0.1) is 0 Å². The number of nitrogens with one attached hydrogen (secondary N) is 1. The molecular weight excluding hydrogens is 671 g/mol. The molecule has 1 atom stereocenters. The van der Waals surface area contributed by atoms with Gasteiger partial charge < -0.3 is 10.2 Å². The van der Waals surface area contributed by atoms with Crippen LogP contribution in [0.25, 0.3) is 0 Å². The van der Waals surface area contributed by atoms with Crippen molar-refractivity contribution in [3.8, 4) is 0 Å². The number of amides is 2. The molecule has 0 fully saturated rings. The first-order chi connectivity index (χ1) is 20.2. The minimum atomic E-state index is -4.86. The molecular formula is C30H32BrClF3N3O4S. The number of nitrogens with zero attached hydrogens (tertiary/aromatic N) is 2. The molecule has 0 unspecified atom stereocenters. The molecule has 0 aromatic heterocycles. The molecule has 0 bridgehead atoms. The average Bonchev–Trinajstić information content (AvgIpc) is 2.94. The number of unbranched alkanes of at least 4 members (excludes halogenated alkanes) is 1. The van der Waals surface area contributed by atoms with E-state index >= 15 is 0 Å². The Hall–Kier alpha value is -3.09. The lowest BCUT2D eigenvalue weighted by molar-refractivity contribution is -0.140. The van der Waals surface area contributed by atoms with Crippen LogP contribution >= 0.6 is 27.5 Å². The number of hydrogen-bond acceptors (Lipinski definition) is 4. The number of carbonyl (C=O) groups excluding carboxylic acids is 2. The van der Waals surface area contributed by atoms with Crippen molar-refractivity contribution < 1.29 is 31.2 Å². The molecule has 13 heteroatoms. The summed E-state index contributed by atoms with van der Waals surface area (Å²) in [5.74, 6) is -1.21. The van der Waals surface area contributed by atoms with Gasteiger partial charge in [-0.3, -0.25) is 13.9 Å². The molecule has 0 saturated heterocycles. The van der Waals surface area contributed by atoms with Crippen LogP contribution in [0.3, 0.4) is 0 Å². The first-order valence-corrected chi connectivity index (χ1v) is 16.4. The summed E-state index contributed by atoms with van der Waals surface area (Å²) in [6.45, 7) is 1.44. The van der Waals surface area contributed by atoms with Crippen LogP contribution in [0.1, 0.15) is 36.5 Å². The van der Waals surface area contributed by atoms with E-state index in [4.69, 9.17) is 11.6 Å². The van der Waals surface area contributed by atoms with E-state index in [-0.39, 0.29) is 18.7 Å². The molecule has 43 heavy (non-hydrogen) atoms. The summed E-state index contributed by atoms with van der Waals surface area (Å²) in [5.41, 5.74) is -0.202. The molecule has 3 aromatic carbocycles. The maximum absolute atomic E-state index is 14.0. The van der Waals surface area contributed by atoms with Crippen molar-refractivity contribution in [1.82, 2.24) is 10.2 Å². The molecule has 0 saturated carbocycles. The minimum Gasteiger partial charge on any atom is -0.354 e. The Morgan fingerprint density at radius 3 is 2.23 bits per heavy atom. The van der Waals surface area contributed by atoms with Gasteiger partial charge in [-0.25, -0.2) is 8.42 Å². The fraction of sp³-hybridized carbons (Fsp3) is 0.333. The van der Waals surface area contributed by atoms with E-state index in [2.05, 4.69) is 21.2 Å². The van der Waals surface area contributed by atoms with Gasteiger partial charge in [0.15, 0.2) is 0 Å². The fourth-order valence-corrected chi connectivity index (χ4v) is 5.68. The highest BCUT2D eigenvalue weighted by molar-refractivity contribution is 9.10. The molecule has 0 radical (unpaired) electrons. The Balaban J connectivity index is 2.07. The molecule has 0 aliphatic rings. The van der Waals surface area contributed by atoms with Crippen LogP contribution in [0.2, 0.25) is 5.02 Å². The molecule has 1 N–H and O–H groups in total. The lowest BCUT2D eigenvalue weighted by atomic mass is 10.0. The third kappa shape index (κ3) is 9.97. The minimum absolute atomic E-state index is 0.0587. The highest BCUT2D eigenvalue weighted by Crippen LogP contribution is 2.37. The van der Waals surface area contributed by atoms with Gasteiger partial charge in [-0.05, 0) is 47.9 Å². The van der Waals surface area contributed by atoms with Gasteiger partial charge in [0.1, 0.15) is 12.6 Å². The number of anilines is 1. The summed E-state index contributed by atoms with van der Waals surface area (Å²) in [5, 5.41) is 2.26. The number of rotatable bonds is 13. The zero-order chi connectivity index (χ0) is 31.8. The SMILES string of the molecule is CCCCNC(=O)[C@@H](Cc1ccccc1)N(Cc1ccc(Br)cc1)C(=O)CN(c1ccc(Cl)c(C(F)(F)F)c1)S(C)(=O)=O. The van der Waals surface area contributed by atoms with Crippen molar-refractivity contribution in [2.75, 3.05) is 23.7 Å². The predicted octanol–water partition coefficient (Wildman–Crippen LogP) is 6.44. The molecule has 3 aromatic rings. The maximum atomic E-state index is 14.0. The molecule has 2 amide bonds. The van der Waals surface area contributed by atoms with Crippen LogP contribution in [0, 0.1) is 0 Å². The summed E-state index contributed by atoms with van der Waals surface area (Å²) in [7, 11) is -4.25. The monoisotopic (exact) mass is 701 g/mol. The normalized spacial score (nSPS) is 12.4. The number of alkyl halides is 3. The largest absolute Gasteiger partial charge is 0.417 e. The van der Waals surface area contributed by atoms with E-state index in [1.807, 2.05) is 25.1 Å². The second-order valence-corrected chi connectivity index (χ2v) is 13.2. The zero-order valence-corrected chi connectivity index (χ0v) is 26.7. The molecule has 0 aliphatic heterocycles. The number of sulfonamides is 1. The second-order valence-electron chi connectivity index (χ2n) is 9.93. The lowest BCUT2D eigenvalue weighted by Gasteiger charge is -2.33. The summed E-state index contributed by atoms with van der Waals surface area (Å²) in [4.78, 5) is 28.9. The Morgan fingerprint density at radius 1 is 1.00 bits per heavy atom. The maximum Gasteiger partial charge on any atom is 0.417 e. The van der Waals surface area contributed by atoms with E-state index in [0.29, 0.717) is 28.9 Å². The Labute approximate surface area is 263 Å². The first kappa shape index (κ1) is 34.4. The Morgan fingerprint density at radius 2 is 1.65 bits per heavy atom. The molecule has 3 rings (SSSR count). The number of halogens is 5. The highest BCUT2D eigenvalue weighted by Gasteiger charge is 2.36. The molecule has 7 nitrogen and oxygen atoms in total. The van der Waals surface area contributed by atoms with Crippen LogP contribution in [0.4, 0.5) is 18.9 Å². The van der Waals surface area contributed by atoms with E-state index in [0.717, 1.165) is 34.8 Å².